The first-order chi connectivity index (χ1) is 18.4. The quantitative estimate of drug-likeness (QED) is 0.0437. The van der Waals surface area contributed by atoms with Crippen LogP contribution in [0.3, 0.4) is 0 Å². The van der Waals surface area contributed by atoms with E-state index in [0.29, 0.717) is 13.1 Å². The van der Waals surface area contributed by atoms with Crippen LogP contribution in [0.2, 0.25) is 0 Å². The first kappa shape index (κ1) is 28.4. The number of oxime groups is 1. The van der Waals surface area contributed by atoms with E-state index in [4.69, 9.17) is 21.0 Å². The number of hydrogen-bond donors (Lipinski definition) is 6. The van der Waals surface area contributed by atoms with E-state index in [1.165, 1.54) is 5.38 Å². The second kappa shape index (κ2) is 10.9. The zero-order valence-corrected chi connectivity index (χ0v) is 21.8. The maximum absolute atomic E-state index is 13.2. The molecular formula is C19H26N8O10S2. The molecule has 0 bridgehead atoms. The molecule has 20 heteroatoms. The molecule has 4 rings (SSSR count). The highest BCUT2D eigenvalue weighted by Gasteiger charge is 2.56. The van der Waals surface area contributed by atoms with Gasteiger partial charge in [0.1, 0.15) is 17.8 Å². The number of carbonyl (C=O) groups excluding carboxylic acids is 3. The Bertz CT molecular complexity index is 1300. The van der Waals surface area contributed by atoms with Crippen molar-refractivity contribution in [2.75, 3.05) is 38.5 Å². The van der Waals surface area contributed by atoms with Gasteiger partial charge in [0.2, 0.25) is 5.60 Å². The van der Waals surface area contributed by atoms with Gasteiger partial charge < -0.3 is 41.7 Å². The third kappa shape index (κ3) is 6.03. The molecule has 0 spiro atoms. The van der Waals surface area contributed by atoms with Gasteiger partial charge in [0, 0.05) is 44.4 Å². The van der Waals surface area contributed by atoms with Gasteiger partial charge in [0.15, 0.2) is 10.8 Å². The number of thiazole rings is 1. The van der Waals surface area contributed by atoms with Crippen LogP contribution in [0.15, 0.2) is 10.5 Å². The average molecular weight is 591 g/mol. The summed E-state index contributed by atoms with van der Waals surface area (Å²) in [6, 6.07) is -2.91. The molecule has 2 aliphatic heterocycles. The SMILES string of the molecule is NCCNC[C@@H]1CN(C[C@@H]2[C@H](NC(=O)C(=NOC3(C(=O)O)CC3)c3csc(N)n3)C(=O)N2S(=O)(=O)O)C(=O)O1. The number of rotatable bonds is 13. The molecule has 3 heterocycles. The first-order valence-electron chi connectivity index (χ1n) is 11.5. The highest BCUT2D eigenvalue weighted by atomic mass is 32.2. The molecule has 8 N–H and O–H groups in total. The number of β-lactam (4-membered cyclic amide) rings is 1. The van der Waals surface area contributed by atoms with E-state index in [0.717, 1.165) is 16.2 Å². The molecule has 1 aromatic rings. The van der Waals surface area contributed by atoms with E-state index in [1.54, 1.807) is 0 Å². The summed E-state index contributed by atoms with van der Waals surface area (Å²) in [4.78, 5) is 59.8. The summed E-state index contributed by atoms with van der Waals surface area (Å²) >= 11 is 0.954. The minimum Gasteiger partial charge on any atom is -0.478 e. The van der Waals surface area contributed by atoms with Crippen LogP contribution in [0.4, 0.5) is 9.93 Å². The van der Waals surface area contributed by atoms with Crippen molar-refractivity contribution in [3.05, 3.63) is 11.1 Å². The summed E-state index contributed by atoms with van der Waals surface area (Å²) in [5, 5.41) is 19.7. The first-order valence-corrected chi connectivity index (χ1v) is 13.8. The van der Waals surface area contributed by atoms with Crippen LogP contribution in [0.5, 0.6) is 0 Å². The molecule has 1 aliphatic carbocycles. The standard InChI is InChI=1S/C19H26N8O10S2/c20-3-4-22-5-9-6-26(18(32)36-9)7-11-13(15(29)27(11)39(33,34)35)24-14(28)12(10-8-38-17(21)23-10)25-37-19(1-2-19)16(30)31/h8-9,11,13,22H,1-7,20H2,(H2,21,23)(H,24,28)(H,30,31)(H,33,34,35)/t9-,11-,13+/m1/s1. The molecule has 3 fully saturated rings. The minimum absolute atomic E-state index is 0.0387. The minimum atomic E-state index is -5.04. The lowest BCUT2D eigenvalue weighted by atomic mass is 9.97. The summed E-state index contributed by atoms with van der Waals surface area (Å²) in [6.07, 6.45) is -1.06. The predicted molar refractivity (Wildman–Crippen MR) is 132 cm³/mol. The molecule has 0 radical (unpaired) electrons. The molecule has 0 unspecified atom stereocenters. The molecule has 3 aliphatic rings. The number of nitrogens with zero attached hydrogens (tertiary/aromatic N) is 4. The number of aromatic nitrogens is 1. The molecule has 2 saturated heterocycles. The number of cyclic esters (lactones) is 1. The van der Waals surface area contributed by atoms with Gasteiger partial charge in [-0.25, -0.2) is 18.9 Å². The van der Waals surface area contributed by atoms with Crippen LogP contribution in [-0.2, 0) is 34.3 Å². The van der Waals surface area contributed by atoms with E-state index in [2.05, 4.69) is 20.8 Å². The monoisotopic (exact) mass is 590 g/mol. The predicted octanol–water partition coefficient (Wildman–Crippen LogP) is -3.07. The van der Waals surface area contributed by atoms with Crippen molar-refractivity contribution in [2.45, 2.75) is 36.6 Å². The van der Waals surface area contributed by atoms with Crippen LogP contribution in [-0.4, -0.2) is 118 Å². The summed E-state index contributed by atoms with van der Waals surface area (Å²) in [5.74, 6) is -3.52. The summed E-state index contributed by atoms with van der Waals surface area (Å²) in [6.45, 7) is 0.746. The van der Waals surface area contributed by atoms with Crippen molar-refractivity contribution in [2.24, 2.45) is 10.9 Å². The molecule has 214 valence electrons. The van der Waals surface area contributed by atoms with Crippen molar-refractivity contribution < 1.29 is 46.8 Å². The van der Waals surface area contributed by atoms with E-state index < -0.39 is 70.2 Å². The van der Waals surface area contributed by atoms with E-state index >= 15 is 0 Å². The number of nitrogens with one attached hydrogen (secondary N) is 2. The molecule has 1 saturated carbocycles. The van der Waals surface area contributed by atoms with E-state index in [9.17, 15) is 37.3 Å². The van der Waals surface area contributed by atoms with Crippen molar-refractivity contribution >= 4 is 56.4 Å². The second-order valence-electron chi connectivity index (χ2n) is 8.94. The molecule has 1 aromatic heterocycles. The van der Waals surface area contributed by atoms with Gasteiger partial charge in [0.25, 0.3) is 11.8 Å². The number of aliphatic carboxylic acids is 1. The number of carboxylic acids is 1. The number of hydrogen-bond acceptors (Lipinski definition) is 14. The Kier molecular flexibility index (Phi) is 7.93. The van der Waals surface area contributed by atoms with Gasteiger partial charge in [-0.2, -0.15) is 8.42 Å². The van der Waals surface area contributed by atoms with Crippen molar-refractivity contribution in [3.8, 4) is 0 Å². The lowest BCUT2D eigenvalue weighted by Gasteiger charge is -2.45. The van der Waals surface area contributed by atoms with Gasteiger partial charge in [0.05, 0.1) is 12.6 Å². The van der Waals surface area contributed by atoms with Gasteiger partial charge in [-0.15, -0.1) is 11.3 Å². The molecule has 39 heavy (non-hydrogen) atoms. The average Bonchev–Trinajstić information content (AvgIpc) is 3.41. The van der Waals surface area contributed by atoms with Crippen molar-refractivity contribution in [3.63, 3.8) is 0 Å². The Hall–Kier alpha value is -3.59. The third-order valence-corrected chi connectivity index (χ3v) is 7.76. The summed E-state index contributed by atoms with van der Waals surface area (Å²) < 4.78 is 38.7. The number of carbonyl (C=O) groups is 4. The number of ether oxygens (including phenoxy) is 1. The third-order valence-electron chi connectivity index (χ3n) is 6.14. The van der Waals surface area contributed by atoms with Gasteiger partial charge in [-0.05, 0) is 0 Å². The molecule has 3 amide bonds. The van der Waals surface area contributed by atoms with Gasteiger partial charge in [-0.3, -0.25) is 14.1 Å². The fourth-order valence-corrected chi connectivity index (χ4v) is 5.38. The maximum atomic E-state index is 13.2. The van der Waals surface area contributed by atoms with Crippen LogP contribution >= 0.6 is 11.3 Å². The second-order valence-corrected chi connectivity index (χ2v) is 11.1. The molecule has 18 nitrogen and oxygen atoms in total. The number of carboxylic acid groups (broad SMARTS) is 1. The van der Waals surface area contributed by atoms with E-state index in [1.807, 2.05) is 0 Å². The topological polar surface area (TPSA) is 269 Å². The van der Waals surface area contributed by atoms with Crippen LogP contribution in [0, 0.1) is 0 Å². The largest absolute Gasteiger partial charge is 0.478 e. The summed E-state index contributed by atoms with van der Waals surface area (Å²) in [7, 11) is -5.04. The Morgan fingerprint density at radius 3 is 2.64 bits per heavy atom. The van der Waals surface area contributed by atoms with Gasteiger partial charge in [-0.1, -0.05) is 5.16 Å². The Morgan fingerprint density at radius 1 is 1.36 bits per heavy atom. The number of nitrogen functional groups attached to an aromatic ring is 1. The molecular weight excluding hydrogens is 564 g/mol. The van der Waals surface area contributed by atoms with Crippen molar-refractivity contribution in [1.82, 2.24) is 24.8 Å². The lowest BCUT2D eigenvalue weighted by Crippen LogP contribution is -2.74. The fourth-order valence-electron chi connectivity index (χ4n) is 3.96. The lowest BCUT2D eigenvalue weighted by molar-refractivity contribution is -0.153. The molecule has 0 aromatic carbocycles. The fraction of sp³-hybridized carbons (Fsp3) is 0.579. The Balaban J connectivity index is 1.51. The zero-order valence-electron chi connectivity index (χ0n) is 20.2. The number of amides is 3. The highest BCUT2D eigenvalue weighted by Crippen LogP contribution is 2.40. The zero-order chi connectivity index (χ0) is 28.5. The van der Waals surface area contributed by atoms with Gasteiger partial charge >= 0.3 is 22.4 Å². The van der Waals surface area contributed by atoms with Crippen LogP contribution < -0.4 is 22.1 Å². The molecule has 3 atom stereocenters. The van der Waals surface area contributed by atoms with E-state index in [-0.39, 0.29) is 41.1 Å². The smallest absolute Gasteiger partial charge is 0.410 e. The number of anilines is 1. The van der Waals surface area contributed by atoms with Crippen LogP contribution in [0.25, 0.3) is 0 Å². The normalized spacial score (nSPS) is 24.3. The summed E-state index contributed by atoms with van der Waals surface area (Å²) in [5.41, 5.74) is 8.85. The van der Waals surface area contributed by atoms with Crippen molar-refractivity contribution in [1.29, 1.82) is 0 Å². The van der Waals surface area contributed by atoms with Crippen LogP contribution in [0.1, 0.15) is 18.5 Å². The Morgan fingerprint density at radius 2 is 2.08 bits per heavy atom. The Labute approximate surface area is 225 Å². The maximum Gasteiger partial charge on any atom is 0.410 e. The number of nitrogens with two attached hydrogens (primary N) is 2. The highest BCUT2D eigenvalue weighted by molar-refractivity contribution is 7.84.